The van der Waals surface area contributed by atoms with Gasteiger partial charge in [-0.2, -0.15) is 9.78 Å². The molecule has 6 nitrogen and oxygen atoms in total. The number of halogens is 3. The fourth-order valence-electron chi connectivity index (χ4n) is 3.06. The number of fused-ring (bicyclic) bond motifs is 1. The molecule has 3 rings (SSSR count). The van der Waals surface area contributed by atoms with E-state index >= 15 is 0 Å². The van der Waals surface area contributed by atoms with Gasteiger partial charge in [-0.15, -0.1) is 0 Å². The van der Waals surface area contributed by atoms with Crippen LogP contribution in [0.25, 0.3) is 10.9 Å². The Balaban J connectivity index is 2.15. The second kappa shape index (κ2) is 10.6. The van der Waals surface area contributed by atoms with Crippen LogP contribution in [0.1, 0.15) is 38.6 Å². The normalized spacial score (nSPS) is 11.4. The summed E-state index contributed by atoms with van der Waals surface area (Å²) in [7, 11) is 0. The summed E-state index contributed by atoms with van der Waals surface area (Å²) in [5.74, 6) is 1.58. The van der Waals surface area contributed by atoms with E-state index in [0.29, 0.717) is 62.9 Å². The van der Waals surface area contributed by atoms with Crippen LogP contribution in [0.15, 0.2) is 43.1 Å². The molecule has 0 saturated carbocycles. The fraction of sp³-hybridized carbons (Fsp3) is 0.318. The minimum absolute atomic E-state index is 0.232. The molecule has 0 saturated heterocycles. The molecule has 0 N–H and O–H groups in total. The van der Waals surface area contributed by atoms with Gasteiger partial charge >= 0.3 is 0 Å². The van der Waals surface area contributed by atoms with E-state index in [1.165, 1.54) is 4.68 Å². The summed E-state index contributed by atoms with van der Waals surface area (Å²) in [6.45, 7) is 6.70. The van der Waals surface area contributed by atoms with Gasteiger partial charge in [-0.1, -0.05) is 34.5 Å². The second-order valence-electron chi connectivity index (χ2n) is 6.59. The van der Waals surface area contributed by atoms with Crippen molar-refractivity contribution in [3.63, 3.8) is 0 Å². The minimum atomic E-state index is -0.232. The van der Waals surface area contributed by atoms with Crippen LogP contribution in [-0.2, 0) is 6.42 Å². The summed E-state index contributed by atoms with van der Waals surface area (Å²) in [6, 6.07) is 7.23. The van der Waals surface area contributed by atoms with Gasteiger partial charge in [-0.25, -0.2) is 4.98 Å². The van der Waals surface area contributed by atoms with E-state index in [2.05, 4.69) is 41.9 Å². The molecule has 0 atom stereocenters. The monoisotopic (exact) mass is 569 g/mol. The van der Waals surface area contributed by atoms with E-state index in [-0.39, 0.29) is 5.56 Å². The first-order valence-corrected chi connectivity index (χ1v) is 11.9. The molecule has 1 heterocycles. The summed E-state index contributed by atoms with van der Waals surface area (Å²) < 4.78 is 14.1. The Hall–Kier alpha value is -1.90. The molecule has 0 fully saturated rings. The van der Waals surface area contributed by atoms with Crippen LogP contribution in [0, 0.1) is 0 Å². The first-order chi connectivity index (χ1) is 14.9. The Kier molecular flexibility index (Phi) is 8.13. The van der Waals surface area contributed by atoms with E-state index in [1.807, 2.05) is 32.9 Å². The van der Waals surface area contributed by atoms with Crippen molar-refractivity contribution in [2.75, 3.05) is 13.2 Å². The van der Waals surface area contributed by atoms with E-state index in [0.717, 1.165) is 10.9 Å². The van der Waals surface area contributed by atoms with Gasteiger partial charge in [0.25, 0.3) is 5.56 Å². The average Bonchev–Trinajstić information content (AvgIpc) is 2.75. The molecule has 0 aliphatic carbocycles. The number of benzene rings is 2. The summed E-state index contributed by atoms with van der Waals surface area (Å²) in [5.41, 5.74) is 1.07. The quantitative estimate of drug-likeness (QED) is 0.302. The summed E-state index contributed by atoms with van der Waals surface area (Å²) in [4.78, 5) is 17.8. The molecule has 0 aliphatic rings. The Morgan fingerprint density at radius 3 is 2.58 bits per heavy atom. The molecular formula is C22H22Br2ClN3O3. The van der Waals surface area contributed by atoms with Gasteiger partial charge in [0, 0.05) is 20.9 Å². The second-order valence-corrected chi connectivity index (χ2v) is 8.67. The maximum atomic E-state index is 13.2. The Morgan fingerprint density at radius 1 is 1.16 bits per heavy atom. The van der Waals surface area contributed by atoms with Gasteiger partial charge in [-0.05, 0) is 60.5 Å². The van der Waals surface area contributed by atoms with E-state index in [1.54, 1.807) is 18.3 Å². The predicted molar refractivity (Wildman–Crippen MR) is 132 cm³/mol. The van der Waals surface area contributed by atoms with E-state index in [9.17, 15) is 4.79 Å². The van der Waals surface area contributed by atoms with Gasteiger partial charge in [0.2, 0.25) is 0 Å². The number of hydrogen-bond donors (Lipinski definition) is 0. The van der Waals surface area contributed by atoms with Crippen molar-refractivity contribution in [3.8, 4) is 11.5 Å². The summed E-state index contributed by atoms with van der Waals surface area (Å²) in [5, 5.41) is 5.35. The molecule has 0 spiro atoms. The van der Waals surface area contributed by atoms with Gasteiger partial charge in [0.1, 0.15) is 10.8 Å². The van der Waals surface area contributed by atoms with Crippen LogP contribution in [0.4, 0.5) is 0 Å². The third-order valence-electron chi connectivity index (χ3n) is 4.41. The molecular weight excluding hydrogens is 550 g/mol. The highest BCUT2D eigenvalue weighted by atomic mass is 79.9. The lowest BCUT2D eigenvalue weighted by Crippen LogP contribution is -2.22. The maximum absolute atomic E-state index is 13.2. The number of nitrogens with zero attached hydrogens (tertiary/aromatic N) is 3. The van der Waals surface area contributed by atoms with Crippen molar-refractivity contribution >= 4 is 60.6 Å². The standard InChI is InChI=1S/C22H22Br2ClN3O3/c1-4-7-18-27-16-9-8-14(23)11-15(16)22(29)28(18)26-12-13-10-17(30-5-2)21(31-6-3)20(25)19(13)24/h8-12H,4-7H2,1-3H3. The van der Waals surface area contributed by atoms with Gasteiger partial charge in [-0.3, -0.25) is 4.79 Å². The van der Waals surface area contributed by atoms with Crippen LogP contribution in [0.5, 0.6) is 11.5 Å². The molecule has 0 unspecified atom stereocenters. The highest BCUT2D eigenvalue weighted by Crippen LogP contribution is 2.42. The van der Waals surface area contributed by atoms with Gasteiger partial charge < -0.3 is 9.47 Å². The van der Waals surface area contributed by atoms with Crippen LogP contribution in [0.2, 0.25) is 5.02 Å². The first-order valence-electron chi connectivity index (χ1n) is 9.94. The fourth-order valence-corrected chi connectivity index (χ4v) is 4.07. The molecule has 0 bridgehead atoms. The van der Waals surface area contributed by atoms with Crippen molar-refractivity contribution in [3.05, 3.63) is 60.0 Å². The van der Waals surface area contributed by atoms with Crippen LogP contribution < -0.4 is 15.0 Å². The maximum Gasteiger partial charge on any atom is 0.282 e. The number of rotatable bonds is 8. The average molecular weight is 572 g/mol. The third-order valence-corrected chi connectivity index (χ3v) is 6.34. The van der Waals surface area contributed by atoms with Crippen molar-refractivity contribution in [2.45, 2.75) is 33.6 Å². The molecule has 0 amide bonds. The highest BCUT2D eigenvalue weighted by molar-refractivity contribution is 9.10. The van der Waals surface area contributed by atoms with Crippen molar-refractivity contribution < 1.29 is 9.47 Å². The molecule has 2 aromatic carbocycles. The number of aromatic nitrogens is 2. The first kappa shape index (κ1) is 23.8. The number of hydrogen-bond acceptors (Lipinski definition) is 5. The molecule has 31 heavy (non-hydrogen) atoms. The Labute approximate surface area is 202 Å². The van der Waals surface area contributed by atoms with Crippen LogP contribution >= 0.6 is 43.5 Å². The smallest absolute Gasteiger partial charge is 0.282 e. The van der Waals surface area contributed by atoms with Gasteiger partial charge in [0.05, 0.1) is 30.3 Å². The molecule has 0 radical (unpaired) electrons. The molecule has 3 aromatic rings. The van der Waals surface area contributed by atoms with Crippen molar-refractivity contribution in [2.24, 2.45) is 5.10 Å². The lowest BCUT2D eigenvalue weighted by Gasteiger charge is -2.15. The lowest BCUT2D eigenvalue weighted by atomic mass is 10.2. The van der Waals surface area contributed by atoms with Gasteiger partial charge in [0.15, 0.2) is 11.5 Å². The SMILES string of the molecule is CCCc1nc2ccc(Br)cc2c(=O)n1N=Cc1cc(OCC)c(OCC)c(Cl)c1Br. The molecule has 9 heteroatoms. The zero-order valence-corrected chi connectivity index (χ0v) is 21.3. The zero-order chi connectivity index (χ0) is 22.5. The van der Waals surface area contributed by atoms with E-state index in [4.69, 9.17) is 21.1 Å². The third kappa shape index (κ3) is 5.13. The minimum Gasteiger partial charge on any atom is -0.490 e. The highest BCUT2D eigenvalue weighted by Gasteiger charge is 2.17. The summed E-state index contributed by atoms with van der Waals surface area (Å²) in [6.07, 6.45) is 3.02. The molecule has 1 aromatic heterocycles. The Morgan fingerprint density at radius 2 is 1.90 bits per heavy atom. The van der Waals surface area contributed by atoms with E-state index < -0.39 is 0 Å². The topological polar surface area (TPSA) is 65.7 Å². The molecule has 164 valence electrons. The van der Waals surface area contributed by atoms with Crippen LogP contribution in [0.3, 0.4) is 0 Å². The number of ether oxygens (including phenoxy) is 2. The zero-order valence-electron chi connectivity index (χ0n) is 17.4. The van der Waals surface area contributed by atoms with Crippen LogP contribution in [-0.4, -0.2) is 29.1 Å². The number of aryl methyl sites for hydroxylation is 1. The van der Waals surface area contributed by atoms with Crippen molar-refractivity contribution in [1.29, 1.82) is 0 Å². The summed E-state index contributed by atoms with van der Waals surface area (Å²) >= 11 is 13.4. The van der Waals surface area contributed by atoms with Crippen molar-refractivity contribution in [1.82, 2.24) is 9.66 Å². The molecule has 0 aliphatic heterocycles. The Bertz CT molecular complexity index is 1200. The lowest BCUT2D eigenvalue weighted by molar-refractivity contribution is 0.287. The predicted octanol–water partition coefficient (Wildman–Crippen LogP) is 6.21. The largest absolute Gasteiger partial charge is 0.490 e.